The summed E-state index contributed by atoms with van der Waals surface area (Å²) >= 11 is 2.51. The summed E-state index contributed by atoms with van der Waals surface area (Å²) in [5.74, 6) is -4.97. The van der Waals surface area contributed by atoms with Crippen LogP contribution in [0.1, 0.15) is 12.6 Å². The van der Waals surface area contributed by atoms with Gasteiger partial charge in [-0.3, -0.25) is 0 Å². The molecule has 1 rings (SSSR count). The van der Waals surface area contributed by atoms with Crippen molar-refractivity contribution in [3.8, 4) is 0 Å². The molecular weight excluding hydrogens is 289 g/mol. The number of alkyl halides is 5. The van der Waals surface area contributed by atoms with Crippen molar-refractivity contribution in [3.63, 3.8) is 0 Å². The Kier molecular flexibility index (Phi) is 3.04. The second kappa shape index (κ2) is 3.69. The average molecular weight is 294 g/mol. The predicted molar refractivity (Wildman–Crippen MR) is 43.3 cm³/mol. The molecule has 0 saturated carbocycles. The Balaban J connectivity index is 3.31. The molecule has 0 aliphatic heterocycles. The monoisotopic (exact) mass is 293 g/mol. The Morgan fingerprint density at radius 2 is 1.80 bits per heavy atom. The van der Waals surface area contributed by atoms with Crippen LogP contribution in [0, 0.1) is 0 Å². The van der Waals surface area contributed by atoms with E-state index in [1.807, 2.05) is 0 Å². The van der Waals surface area contributed by atoms with Gasteiger partial charge < -0.3 is 0 Å². The van der Waals surface area contributed by atoms with Gasteiger partial charge in [0.25, 0.3) is 0 Å². The molecule has 0 unspecified atom stereocenters. The fourth-order valence-corrected chi connectivity index (χ4v) is 1.46. The summed E-state index contributed by atoms with van der Waals surface area (Å²) in [4.78, 5) is 0. The van der Waals surface area contributed by atoms with Crippen LogP contribution >= 0.6 is 15.9 Å². The number of hydrogen-bond donors (Lipinski definition) is 0. The lowest BCUT2D eigenvalue weighted by Crippen LogP contribution is -2.36. The molecule has 0 amide bonds. The minimum Gasteiger partial charge on any atom is -0.242 e. The third kappa shape index (κ3) is 1.97. The first-order valence-corrected chi connectivity index (χ1v) is 4.55. The summed E-state index contributed by atoms with van der Waals surface area (Å²) in [7, 11) is 0. The molecule has 0 radical (unpaired) electrons. The van der Waals surface area contributed by atoms with E-state index in [1.165, 1.54) is 6.92 Å². The lowest BCUT2D eigenvalue weighted by atomic mass is 10.2. The van der Waals surface area contributed by atoms with Crippen LogP contribution < -0.4 is 0 Å². The van der Waals surface area contributed by atoms with Crippen LogP contribution in [0.2, 0.25) is 0 Å². The lowest BCUT2D eigenvalue weighted by molar-refractivity contribution is -0.292. The summed E-state index contributed by atoms with van der Waals surface area (Å²) in [5, 5.41) is 6.27. The zero-order valence-electron chi connectivity index (χ0n) is 7.32. The first-order valence-electron chi connectivity index (χ1n) is 3.75. The van der Waals surface area contributed by atoms with E-state index in [4.69, 9.17) is 0 Å². The van der Waals surface area contributed by atoms with Gasteiger partial charge in [-0.25, -0.2) is 4.68 Å². The largest absolute Gasteiger partial charge is 0.459 e. The van der Waals surface area contributed by atoms with Gasteiger partial charge in [0, 0.05) is 6.54 Å². The number of aryl methyl sites for hydroxylation is 1. The van der Waals surface area contributed by atoms with Crippen LogP contribution in [-0.4, -0.2) is 21.2 Å². The van der Waals surface area contributed by atoms with Crippen molar-refractivity contribution in [2.24, 2.45) is 0 Å². The maximum Gasteiger partial charge on any atom is 0.459 e. The van der Waals surface area contributed by atoms with Gasteiger partial charge in [-0.15, -0.1) is 5.10 Å². The van der Waals surface area contributed by atoms with E-state index < -0.39 is 22.4 Å². The smallest absolute Gasteiger partial charge is 0.242 e. The molecule has 0 bridgehead atoms. The summed E-state index contributed by atoms with van der Waals surface area (Å²) in [6.45, 7) is 1.26. The topological polar surface area (TPSA) is 30.7 Å². The molecule has 1 aromatic heterocycles. The molecule has 1 heterocycles. The van der Waals surface area contributed by atoms with Gasteiger partial charge in [-0.1, -0.05) is 5.21 Å². The van der Waals surface area contributed by atoms with Gasteiger partial charge in [-0.2, -0.15) is 22.0 Å². The highest BCUT2D eigenvalue weighted by molar-refractivity contribution is 9.10. The summed E-state index contributed by atoms with van der Waals surface area (Å²) in [6, 6.07) is 0. The van der Waals surface area contributed by atoms with Crippen LogP contribution in [0.5, 0.6) is 0 Å². The zero-order chi connectivity index (χ0) is 11.9. The van der Waals surface area contributed by atoms with Crippen LogP contribution in [0.15, 0.2) is 4.60 Å². The predicted octanol–water partition coefficient (Wildman–Crippen LogP) is 2.71. The van der Waals surface area contributed by atoms with Crippen molar-refractivity contribution in [2.45, 2.75) is 25.6 Å². The van der Waals surface area contributed by atoms with Crippen LogP contribution in [-0.2, 0) is 12.5 Å². The van der Waals surface area contributed by atoms with Gasteiger partial charge in [-0.05, 0) is 22.9 Å². The van der Waals surface area contributed by atoms with E-state index in [9.17, 15) is 22.0 Å². The first-order chi connectivity index (χ1) is 6.71. The van der Waals surface area contributed by atoms with E-state index in [2.05, 4.69) is 26.2 Å². The second-order valence-corrected chi connectivity index (χ2v) is 3.37. The minimum absolute atomic E-state index is 0.125. The van der Waals surface area contributed by atoms with Crippen molar-refractivity contribution in [1.82, 2.24) is 15.0 Å². The molecule has 0 aliphatic rings. The Morgan fingerprint density at radius 3 is 2.20 bits per heavy atom. The molecule has 15 heavy (non-hydrogen) atoms. The van der Waals surface area contributed by atoms with Gasteiger partial charge >= 0.3 is 12.1 Å². The molecule has 0 spiro atoms. The number of nitrogens with zero attached hydrogens (tertiary/aromatic N) is 3. The fraction of sp³-hybridized carbons (Fsp3) is 0.667. The number of rotatable bonds is 2. The van der Waals surface area contributed by atoms with Crippen LogP contribution in [0.4, 0.5) is 22.0 Å². The Bertz CT molecular complexity index is 358. The lowest BCUT2D eigenvalue weighted by Gasteiger charge is -2.19. The third-order valence-corrected chi connectivity index (χ3v) is 2.18. The van der Waals surface area contributed by atoms with Crippen molar-refractivity contribution in [1.29, 1.82) is 0 Å². The number of halogens is 6. The Labute approximate surface area is 89.4 Å². The van der Waals surface area contributed by atoms with Crippen molar-refractivity contribution in [2.75, 3.05) is 0 Å². The van der Waals surface area contributed by atoms with E-state index in [1.54, 1.807) is 0 Å². The van der Waals surface area contributed by atoms with Gasteiger partial charge in [0.15, 0.2) is 10.3 Å². The van der Waals surface area contributed by atoms with E-state index in [0.717, 1.165) is 0 Å². The molecular formula is C6H5BrF5N3. The van der Waals surface area contributed by atoms with E-state index >= 15 is 0 Å². The standard InChI is InChI=1S/C6H5BrF5N3/c1-2-15-3(4(7)13-14-15)5(8,9)6(10,11)12/h2H2,1H3. The molecule has 0 aromatic carbocycles. The molecule has 0 fully saturated rings. The molecule has 1 aromatic rings. The van der Waals surface area contributed by atoms with E-state index in [-0.39, 0.29) is 6.54 Å². The van der Waals surface area contributed by atoms with Gasteiger partial charge in [0.1, 0.15) is 0 Å². The average Bonchev–Trinajstić information content (AvgIpc) is 2.44. The number of hydrogen-bond acceptors (Lipinski definition) is 2. The highest BCUT2D eigenvalue weighted by Crippen LogP contribution is 2.45. The quantitative estimate of drug-likeness (QED) is 0.785. The van der Waals surface area contributed by atoms with Crippen LogP contribution in [0.25, 0.3) is 0 Å². The first kappa shape index (κ1) is 12.3. The molecule has 3 nitrogen and oxygen atoms in total. The SMILES string of the molecule is CCn1nnc(Br)c1C(F)(F)C(F)(F)F. The molecule has 0 aliphatic carbocycles. The maximum absolute atomic E-state index is 12.9. The fourth-order valence-electron chi connectivity index (χ4n) is 0.939. The summed E-state index contributed by atoms with van der Waals surface area (Å²) < 4.78 is 61.9. The summed E-state index contributed by atoms with van der Waals surface area (Å²) in [5.41, 5.74) is -1.28. The highest BCUT2D eigenvalue weighted by Gasteiger charge is 2.61. The van der Waals surface area contributed by atoms with Crippen molar-refractivity contribution < 1.29 is 22.0 Å². The van der Waals surface area contributed by atoms with Gasteiger partial charge in [0.05, 0.1) is 0 Å². The molecule has 0 N–H and O–H groups in total. The number of aromatic nitrogens is 3. The molecule has 9 heteroatoms. The maximum atomic E-state index is 12.9. The molecule has 0 saturated heterocycles. The third-order valence-electron chi connectivity index (χ3n) is 1.65. The molecule has 0 atom stereocenters. The minimum atomic E-state index is -5.66. The van der Waals surface area contributed by atoms with Crippen LogP contribution in [0.3, 0.4) is 0 Å². The summed E-state index contributed by atoms with van der Waals surface area (Å²) in [6.07, 6.45) is -5.66. The normalized spacial score (nSPS) is 13.3. The zero-order valence-corrected chi connectivity index (χ0v) is 8.90. The second-order valence-electron chi connectivity index (χ2n) is 2.62. The van der Waals surface area contributed by atoms with Crippen molar-refractivity contribution >= 4 is 15.9 Å². The Morgan fingerprint density at radius 1 is 1.27 bits per heavy atom. The van der Waals surface area contributed by atoms with Crippen molar-refractivity contribution in [3.05, 3.63) is 10.3 Å². The van der Waals surface area contributed by atoms with Gasteiger partial charge in [0.2, 0.25) is 0 Å². The highest BCUT2D eigenvalue weighted by atomic mass is 79.9. The van der Waals surface area contributed by atoms with E-state index in [0.29, 0.717) is 4.68 Å². The Hall–Kier alpha value is -0.730. The molecule has 86 valence electrons.